The van der Waals surface area contributed by atoms with Gasteiger partial charge in [-0.25, -0.2) is 4.79 Å². The molecule has 0 aromatic heterocycles. The Morgan fingerprint density at radius 3 is 2.50 bits per heavy atom. The van der Waals surface area contributed by atoms with Crippen LogP contribution in [0.15, 0.2) is 0 Å². The molecular formula is C7H16N2O. The van der Waals surface area contributed by atoms with Crippen molar-refractivity contribution < 1.29 is 4.79 Å². The molecule has 0 aromatic rings. The van der Waals surface area contributed by atoms with Crippen LogP contribution in [-0.4, -0.2) is 31.1 Å². The zero-order valence-corrected chi connectivity index (χ0v) is 6.98. The topological polar surface area (TPSA) is 32.3 Å². The number of nitrogens with zero attached hydrogens (tertiary/aromatic N) is 1. The van der Waals surface area contributed by atoms with E-state index in [2.05, 4.69) is 5.32 Å². The van der Waals surface area contributed by atoms with Gasteiger partial charge in [-0.1, -0.05) is 6.92 Å². The van der Waals surface area contributed by atoms with Crippen LogP contribution in [0.3, 0.4) is 0 Å². The Balaban J connectivity index is 3.42. The van der Waals surface area contributed by atoms with Crippen molar-refractivity contribution in [1.82, 2.24) is 10.2 Å². The molecule has 0 atom stereocenters. The summed E-state index contributed by atoms with van der Waals surface area (Å²) in [5.41, 5.74) is 0. The molecular weight excluding hydrogens is 128 g/mol. The van der Waals surface area contributed by atoms with Crippen LogP contribution in [0.25, 0.3) is 0 Å². The summed E-state index contributed by atoms with van der Waals surface area (Å²) in [7, 11) is 1.78. The van der Waals surface area contributed by atoms with Crippen LogP contribution in [0, 0.1) is 0 Å². The lowest BCUT2D eigenvalue weighted by atomic mass is 10.5. The predicted octanol–water partition coefficient (Wildman–Crippen LogP) is 1.06. The maximum Gasteiger partial charge on any atom is 0.317 e. The first-order valence-electron chi connectivity index (χ1n) is 3.71. The molecule has 0 rings (SSSR count). The Hall–Kier alpha value is -0.730. The summed E-state index contributed by atoms with van der Waals surface area (Å²) in [6.07, 6.45) is 0.989. The van der Waals surface area contributed by atoms with Gasteiger partial charge in [0, 0.05) is 20.1 Å². The number of rotatable bonds is 3. The Morgan fingerprint density at radius 2 is 2.10 bits per heavy atom. The standard InChI is InChI=1S/C7H16N2O/c1-4-6-8-7(10)9(3)5-2/h4-6H2,1-3H3,(H,8,10). The molecule has 1 N–H and O–H groups in total. The molecule has 60 valence electrons. The van der Waals surface area contributed by atoms with E-state index in [0.29, 0.717) is 0 Å². The summed E-state index contributed by atoms with van der Waals surface area (Å²) in [5.74, 6) is 0. The normalized spacial score (nSPS) is 9.10. The Morgan fingerprint density at radius 1 is 1.50 bits per heavy atom. The second-order valence-electron chi connectivity index (χ2n) is 2.25. The summed E-state index contributed by atoms with van der Waals surface area (Å²) >= 11 is 0. The molecule has 0 unspecified atom stereocenters. The summed E-state index contributed by atoms with van der Waals surface area (Å²) in [6.45, 7) is 5.51. The van der Waals surface area contributed by atoms with E-state index in [-0.39, 0.29) is 6.03 Å². The minimum Gasteiger partial charge on any atom is -0.338 e. The van der Waals surface area contributed by atoms with Gasteiger partial charge in [0.25, 0.3) is 0 Å². The van der Waals surface area contributed by atoms with Crippen LogP contribution in [-0.2, 0) is 0 Å². The lowest BCUT2D eigenvalue weighted by Crippen LogP contribution is -2.37. The summed E-state index contributed by atoms with van der Waals surface area (Å²) < 4.78 is 0. The number of carbonyl (C=O) groups excluding carboxylic acids is 1. The maximum atomic E-state index is 10.9. The van der Waals surface area contributed by atoms with Crippen molar-refractivity contribution >= 4 is 6.03 Å². The van der Waals surface area contributed by atoms with Crippen LogP contribution in [0.5, 0.6) is 0 Å². The lowest BCUT2D eigenvalue weighted by molar-refractivity contribution is 0.211. The van der Waals surface area contributed by atoms with Crippen molar-refractivity contribution in [2.75, 3.05) is 20.1 Å². The summed E-state index contributed by atoms with van der Waals surface area (Å²) in [5, 5.41) is 2.77. The molecule has 0 aliphatic carbocycles. The Bertz CT molecular complexity index is 104. The highest BCUT2D eigenvalue weighted by Crippen LogP contribution is 1.82. The smallest absolute Gasteiger partial charge is 0.317 e. The molecule has 0 aliphatic rings. The van der Waals surface area contributed by atoms with E-state index in [9.17, 15) is 4.79 Å². The van der Waals surface area contributed by atoms with Gasteiger partial charge in [-0.15, -0.1) is 0 Å². The molecule has 0 spiro atoms. The molecule has 3 heteroatoms. The number of nitrogens with one attached hydrogen (secondary N) is 1. The molecule has 0 aliphatic heterocycles. The van der Waals surface area contributed by atoms with Crippen LogP contribution < -0.4 is 5.32 Å². The third kappa shape index (κ3) is 3.33. The first-order chi connectivity index (χ1) is 4.72. The molecule has 2 amide bonds. The molecule has 3 nitrogen and oxygen atoms in total. The van der Waals surface area contributed by atoms with E-state index >= 15 is 0 Å². The molecule has 0 fully saturated rings. The van der Waals surface area contributed by atoms with E-state index in [1.807, 2.05) is 13.8 Å². The van der Waals surface area contributed by atoms with Gasteiger partial charge in [-0.2, -0.15) is 0 Å². The first kappa shape index (κ1) is 9.27. The maximum absolute atomic E-state index is 10.9. The van der Waals surface area contributed by atoms with Crippen LogP contribution >= 0.6 is 0 Å². The Kier molecular flexibility index (Phi) is 4.72. The fraction of sp³-hybridized carbons (Fsp3) is 0.857. The van der Waals surface area contributed by atoms with E-state index in [4.69, 9.17) is 0 Å². The average Bonchev–Trinajstić information content (AvgIpc) is 1.98. The summed E-state index contributed by atoms with van der Waals surface area (Å²) in [6, 6.07) is 0.0179. The molecule has 0 saturated heterocycles. The molecule has 0 bridgehead atoms. The van der Waals surface area contributed by atoms with Gasteiger partial charge < -0.3 is 10.2 Å². The average molecular weight is 144 g/mol. The highest BCUT2D eigenvalue weighted by Gasteiger charge is 2.02. The van der Waals surface area contributed by atoms with Crippen LogP contribution in [0.1, 0.15) is 20.3 Å². The SMILES string of the molecule is CCCNC(=O)N(C)CC. The van der Waals surface area contributed by atoms with Gasteiger partial charge in [-0.3, -0.25) is 0 Å². The Labute approximate surface area is 62.4 Å². The third-order valence-electron chi connectivity index (χ3n) is 1.35. The van der Waals surface area contributed by atoms with E-state index in [1.54, 1.807) is 11.9 Å². The molecule has 0 saturated carbocycles. The summed E-state index contributed by atoms with van der Waals surface area (Å²) in [4.78, 5) is 12.6. The molecule has 0 aromatic carbocycles. The van der Waals surface area contributed by atoms with Gasteiger partial charge >= 0.3 is 6.03 Å². The zero-order valence-electron chi connectivity index (χ0n) is 6.98. The number of amides is 2. The van der Waals surface area contributed by atoms with Crippen LogP contribution in [0.2, 0.25) is 0 Å². The fourth-order valence-corrected chi connectivity index (χ4v) is 0.510. The van der Waals surface area contributed by atoms with Gasteiger partial charge in [-0.05, 0) is 13.3 Å². The number of hydrogen-bond donors (Lipinski definition) is 1. The second-order valence-corrected chi connectivity index (χ2v) is 2.25. The van der Waals surface area contributed by atoms with E-state index in [0.717, 1.165) is 19.5 Å². The van der Waals surface area contributed by atoms with Gasteiger partial charge in [0.15, 0.2) is 0 Å². The van der Waals surface area contributed by atoms with Gasteiger partial charge in [0.1, 0.15) is 0 Å². The van der Waals surface area contributed by atoms with Gasteiger partial charge in [0.05, 0.1) is 0 Å². The fourth-order valence-electron chi connectivity index (χ4n) is 0.510. The van der Waals surface area contributed by atoms with Crippen molar-refractivity contribution in [3.05, 3.63) is 0 Å². The quantitative estimate of drug-likeness (QED) is 0.631. The minimum atomic E-state index is 0.0179. The number of carbonyl (C=O) groups is 1. The second kappa shape index (κ2) is 5.09. The van der Waals surface area contributed by atoms with Crippen molar-refractivity contribution in [3.63, 3.8) is 0 Å². The lowest BCUT2D eigenvalue weighted by Gasteiger charge is -2.14. The minimum absolute atomic E-state index is 0.0179. The highest BCUT2D eigenvalue weighted by atomic mass is 16.2. The first-order valence-corrected chi connectivity index (χ1v) is 3.71. The monoisotopic (exact) mass is 144 g/mol. The highest BCUT2D eigenvalue weighted by molar-refractivity contribution is 5.73. The van der Waals surface area contributed by atoms with Gasteiger partial charge in [0.2, 0.25) is 0 Å². The van der Waals surface area contributed by atoms with Crippen molar-refractivity contribution in [3.8, 4) is 0 Å². The van der Waals surface area contributed by atoms with Crippen molar-refractivity contribution in [1.29, 1.82) is 0 Å². The third-order valence-corrected chi connectivity index (χ3v) is 1.35. The molecule has 0 heterocycles. The molecule has 10 heavy (non-hydrogen) atoms. The predicted molar refractivity (Wildman–Crippen MR) is 42.0 cm³/mol. The molecule has 0 radical (unpaired) electrons. The number of hydrogen-bond acceptors (Lipinski definition) is 1. The van der Waals surface area contributed by atoms with E-state index in [1.165, 1.54) is 0 Å². The van der Waals surface area contributed by atoms with Crippen molar-refractivity contribution in [2.45, 2.75) is 20.3 Å². The van der Waals surface area contributed by atoms with Crippen molar-refractivity contribution in [2.24, 2.45) is 0 Å². The largest absolute Gasteiger partial charge is 0.338 e. The van der Waals surface area contributed by atoms with Crippen LogP contribution in [0.4, 0.5) is 4.79 Å². The number of urea groups is 1. The zero-order chi connectivity index (χ0) is 7.98. The van der Waals surface area contributed by atoms with E-state index < -0.39 is 0 Å².